The van der Waals surface area contributed by atoms with Crippen molar-refractivity contribution in [2.75, 3.05) is 6.73 Å². The van der Waals surface area contributed by atoms with Crippen LogP contribution < -0.4 is 10.4 Å². The summed E-state index contributed by atoms with van der Waals surface area (Å²) in [6.07, 6.45) is 0. The van der Waals surface area contributed by atoms with Crippen molar-refractivity contribution in [1.82, 2.24) is 4.90 Å². The third-order valence-corrected chi connectivity index (χ3v) is 5.32. The van der Waals surface area contributed by atoms with Crippen LogP contribution in [0.25, 0.3) is 11.0 Å². The summed E-state index contributed by atoms with van der Waals surface area (Å²) in [6, 6.07) is 9.97. The number of hydrogen-bond donors (Lipinski definition) is 0. The number of nitrogens with zero attached hydrogens (tertiary/aromatic N) is 1. The van der Waals surface area contributed by atoms with Gasteiger partial charge >= 0.3 is 5.63 Å². The maximum atomic E-state index is 12.0. The van der Waals surface area contributed by atoms with Crippen LogP contribution in [-0.4, -0.2) is 11.6 Å². The van der Waals surface area contributed by atoms with E-state index in [4.69, 9.17) is 20.8 Å². The van der Waals surface area contributed by atoms with Crippen molar-refractivity contribution in [3.8, 4) is 5.75 Å². The van der Waals surface area contributed by atoms with Gasteiger partial charge in [0.2, 0.25) is 0 Å². The van der Waals surface area contributed by atoms with Gasteiger partial charge in [-0.3, -0.25) is 4.90 Å². The predicted octanol–water partition coefficient (Wildman–Crippen LogP) is 4.72. The average Bonchev–Trinajstić information content (AvgIpc) is 2.61. The molecule has 1 aliphatic rings. The minimum absolute atomic E-state index is 0.281. The fourth-order valence-electron chi connectivity index (χ4n) is 3.54. The van der Waals surface area contributed by atoms with E-state index in [1.807, 2.05) is 32.0 Å². The zero-order valence-electron chi connectivity index (χ0n) is 15.1. The first-order valence-electron chi connectivity index (χ1n) is 8.60. The molecular formula is C21H20ClNO3. The van der Waals surface area contributed by atoms with Gasteiger partial charge in [0.25, 0.3) is 0 Å². The van der Waals surface area contributed by atoms with Gasteiger partial charge in [0.15, 0.2) is 0 Å². The van der Waals surface area contributed by atoms with Gasteiger partial charge in [-0.2, -0.15) is 0 Å². The summed E-state index contributed by atoms with van der Waals surface area (Å²) in [4.78, 5) is 14.3. The Morgan fingerprint density at radius 2 is 1.92 bits per heavy atom. The van der Waals surface area contributed by atoms with Crippen LogP contribution >= 0.6 is 11.6 Å². The zero-order chi connectivity index (χ0) is 18.4. The van der Waals surface area contributed by atoms with Crippen LogP contribution in [0.4, 0.5) is 0 Å². The molecule has 134 valence electrons. The summed E-state index contributed by atoms with van der Waals surface area (Å²) >= 11 is 6.09. The molecule has 0 atom stereocenters. The van der Waals surface area contributed by atoms with Crippen molar-refractivity contribution >= 4 is 22.6 Å². The number of rotatable bonds is 2. The molecule has 0 N–H and O–H groups in total. The molecule has 0 unspecified atom stereocenters. The van der Waals surface area contributed by atoms with Crippen molar-refractivity contribution in [3.05, 3.63) is 73.6 Å². The van der Waals surface area contributed by atoms with E-state index in [0.29, 0.717) is 17.9 Å². The minimum Gasteiger partial charge on any atom is -0.477 e. The highest BCUT2D eigenvalue weighted by Gasteiger charge is 2.23. The van der Waals surface area contributed by atoms with Crippen LogP contribution in [0, 0.1) is 20.8 Å². The second kappa shape index (κ2) is 6.45. The average molecular weight is 370 g/mol. The molecule has 3 aromatic rings. The Labute approximate surface area is 156 Å². The highest BCUT2D eigenvalue weighted by Crippen LogP contribution is 2.36. The molecule has 0 saturated carbocycles. The molecule has 2 aromatic carbocycles. The fourth-order valence-corrected chi connectivity index (χ4v) is 3.75. The van der Waals surface area contributed by atoms with E-state index in [9.17, 15) is 4.79 Å². The molecule has 0 bridgehead atoms. The van der Waals surface area contributed by atoms with E-state index in [1.165, 1.54) is 0 Å². The number of ether oxygens (including phenoxy) is 1. The minimum atomic E-state index is -0.281. The molecule has 0 saturated heterocycles. The molecule has 26 heavy (non-hydrogen) atoms. The molecule has 1 aliphatic heterocycles. The van der Waals surface area contributed by atoms with E-state index in [0.717, 1.165) is 51.5 Å². The van der Waals surface area contributed by atoms with Gasteiger partial charge in [-0.05, 0) is 50.1 Å². The molecule has 5 heteroatoms. The normalized spacial score (nSPS) is 14.3. The molecule has 0 amide bonds. The first kappa shape index (κ1) is 17.1. The van der Waals surface area contributed by atoms with Crippen LogP contribution in [0.3, 0.4) is 0 Å². The topological polar surface area (TPSA) is 42.7 Å². The Morgan fingerprint density at radius 1 is 1.12 bits per heavy atom. The number of halogens is 1. The third-order valence-electron chi connectivity index (χ3n) is 5.08. The number of hydrogen-bond acceptors (Lipinski definition) is 4. The van der Waals surface area contributed by atoms with Gasteiger partial charge in [0.1, 0.15) is 18.1 Å². The molecular weight excluding hydrogens is 350 g/mol. The van der Waals surface area contributed by atoms with Gasteiger partial charge in [-0.1, -0.05) is 23.7 Å². The number of aryl methyl sites for hydroxylation is 2. The van der Waals surface area contributed by atoms with E-state index in [-0.39, 0.29) is 5.63 Å². The van der Waals surface area contributed by atoms with Gasteiger partial charge in [-0.25, -0.2) is 4.79 Å². The molecule has 4 nitrogen and oxygen atoms in total. The molecule has 1 aromatic heterocycles. The first-order valence-corrected chi connectivity index (χ1v) is 8.98. The molecule has 2 heterocycles. The van der Waals surface area contributed by atoms with Crippen LogP contribution in [0.2, 0.25) is 5.02 Å². The summed E-state index contributed by atoms with van der Waals surface area (Å²) in [5.74, 6) is 0.825. The Morgan fingerprint density at radius 3 is 2.69 bits per heavy atom. The molecule has 0 aliphatic carbocycles. The second-order valence-electron chi connectivity index (χ2n) is 6.90. The highest BCUT2D eigenvalue weighted by molar-refractivity contribution is 6.30. The smallest absolute Gasteiger partial charge is 0.339 e. The van der Waals surface area contributed by atoms with Crippen molar-refractivity contribution in [3.63, 3.8) is 0 Å². The lowest BCUT2D eigenvalue weighted by Crippen LogP contribution is -2.32. The van der Waals surface area contributed by atoms with Crippen LogP contribution in [0.15, 0.2) is 39.5 Å². The summed E-state index contributed by atoms with van der Waals surface area (Å²) in [7, 11) is 0. The summed E-state index contributed by atoms with van der Waals surface area (Å²) < 4.78 is 11.6. The Kier molecular flexibility index (Phi) is 4.25. The lowest BCUT2D eigenvalue weighted by Gasteiger charge is -2.30. The highest BCUT2D eigenvalue weighted by atomic mass is 35.5. The zero-order valence-corrected chi connectivity index (χ0v) is 15.8. The van der Waals surface area contributed by atoms with Gasteiger partial charge in [0.05, 0.1) is 0 Å². The largest absolute Gasteiger partial charge is 0.477 e. The Hall–Kier alpha value is -2.30. The predicted molar refractivity (Wildman–Crippen MR) is 103 cm³/mol. The first-order chi connectivity index (χ1) is 12.4. The third kappa shape index (κ3) is 2.89. The molecule has 0 radical (unpaired) electrons. The Balaban J connectivity index is 1.73. The molecule has 4 rings (SSSR count). The lowest BCUT2D eigenvalue weighted by molar-refractivity contribution is 0.0881. The van der Waals surface area contributed by atoms with Crippen molar-refractivity contribution < 1.29 is 9.15 Å². The van der Waals surface area contributed by atoms with Crippen LogP contribution in [-0.2, 0) is 13.1 Å². The maximum Gasteiger partial charge on any atom is 0.339 e. The SMILES string of the molecule is Cc1c(C)c2cc3c(c(C)c2oc1=O)OCN(Cc1cccc(Cl)c1)C3. The van der Waals surface area contributed by atoms with E-state index in [2.05, 4.69) is 17.0 Å². The van der Waals surface area contributed by atoms with Gasteiger partial charge in [-0.15, -0.1) is 0 Å². The van der Waals surface area contributed by atoms with E-state index in [1.54, 1.807) is 6.92 Å². The second-order valence-corrected chi connectivity index (χ2v) is 7.33. The summed E-state index contributed by atoms with van der Waals surface area (Å²) in [5.41, 5.74) is 5.12. The summed E-state index contributed by atoms with van der Waals surface area (Å²) in [6.45, 7) is 7.74. The molecule has 0 spiro atoms. The fraction of sp³-hybridized carbons (Fsp3) is 0.286. The van der Waals surface area contributed by atoms with E-state index < -0.39 is 0 Å². The Bertz CT molecular complexity index is 1070. The quantitative estimate of drug-likeness (QED) is 0.613. The van der Waals surface area contributed by atoms with E-state index >= 15 is 0 Å². The van der Waals surface area contributed by atoms with Crippen molar-refractivity contribution in [2.24, 2.45) is 0 Å². The maximum absolute atomic E-state index is 12.0. The van der Waals surface area contributed by atoms with Crippen LogP contribution in [0.5, 0.6) is 5.75 Å². The standard InChI is InChI=1S/C21H20ClNO3/c1-12-13(2)21(24)26-20-14(3)19-16(8-18(12)20)10-23(11-25-19)9-15-5-4-6-17(22)7-15/h4-8H,9-11H2,1-3H3. The van der Waals surface area contributed by atoms with Crippen LogP contribution in [0.1, 0.15) is 27.8 Å². The van der Waals surface area contributed by atoms with Crippen molar-refractivity contribution in [1.29, 1.82) is 0 Å². The molecule has 0 fully saturated rings. The van der Waals surface area contributed by atoms with Gasteiger partial charge < -0.3 is 9.15 Å². The van der Waals surface area contributed by atoms with Gasteiger partial charge in [0, 0.05) is 40.2 Å². The summed E-state index contributed by atoms with van der Waals surface area (Å²) in [5, 5.41) is 1.72. The number of benzene rings is 2. The number of fused-ring (bicyclic) bond motifs is 2. The van der Waals surface area contributed by atoms with Crippen molar-refractivity contribution in [2.45, 2.75) is 33.9 Å². The lowest BCUT2D eigenvalue weighted by atomic mass is 9.99. The monoisotopic (exact) mass is 369 g/mol.